The molecule has 0 aliphatic carbocycles. The first-order valence-electron chi connectivity index (χ1n) is 5.48. The van der Waals surface area contributed by atoms with Gasteiger partial charge in [0.25, 0.3) is 0 Å². The van der Waals surface area contributed by atoms with Crippen molar-refractivity contribution in [3.63, 3.8) is 0 Å². The predicted octanol–water partition coefficient (Wildman–Crippen LogP) is 2.10. The van der Waals surface area contributed by atoms with Gasteiger partial charge < -0.3 is 10.1 Å². The van der Waals surface area contributed by atoms with Crippen LogP contribution in [0.5, 0.6) is 0 Å². The van der Waals surface area contributed by atoms with Crippen molar-refractivity contribution in [1.82, 2.24) is 5.32 Å². The summed E-state index contributed by atoms with van der Waals surface area (Å²) in [4.78, 5) is 0. The zero-order valence-corrected chi connectivity index (χ0v) is 8.52. The summed E-state index contributed by atoms with van der Waals surface area (Å²) < 4.78 is 42.7. The quantitative estimate of drug-likeness (QED) is 0.735. The highest BCUT2D eigenvalue weighted by Gasteiger charge is 2.43. The van der Waals surface area contributed by atoms with Gasteiger partial charge >= 0.3 is 6.18 Å². The SMILES string of the molecule is FC(F)(F)C1CCCC(C2CCOC2)N1. The molecule has 2 aliphatic heterocycles. The Bertz CT molecular complexity index is 213. The lowest BCUT2D eigenvalue weighted by molar-refractivity contribution is -0.164. The molecule has 2 rings (SSSR count). The Morgan fingerprint density at radius 2 is 1.93 bits per heavy atom. The van der Waals surface area contributed by atoms with Crippen LogP contribution >= 0.6 is 0 Å². The molecule has 2 heterocycles. The second kappa shape index (κ2) is 4.29. The first-order valence-corrected chi connectivity index (χ1v) is 5.48. The number of halogens is 3. The van der Waals surface area contributed by atoms with Gasteiger partial charge in [0.15, 0.2) is 0 Å². The second-order valence-corrected chi connectivity index (χ2v) is 4.42. The molecule has 2 fully saturated rings. The van der Waals surface area contributed by atoms with Gasteiger partial charge in [-0.25, -0.2) is 0 Å². The molecule has 2 saturated heterocycles. The highest BCUT2D eigenvalue weighted by molar-refractivity contribution is 4.89. The fourth-order valence-corrected chi connectivity index (χ4v) is 2.47. The number of piperidine rings is 1. The van der Waals surface area contributed by atoms with Crippen LogP contribution in [-0.2, 0) is 4.74 Å². The summed E-state index contributed by atoms with van der Waals surface area (Å²) in [6.45, 7) is 1.31. The number of hydrogen-bond acceptors (Lipinski definition) is 2. The Labute approximate surface area is 87.2 Å². The normalized spacial score (nSPS) is 38.2. The number of nitrogens with one attached hydrogen (secondary N) is 1. The molecular weight excluding hydrogens is 207 g/mol. The molecule has 0 aromatic carbocycles. The van der Waals surface area contributed by atoms with Gasteiger partial charge in [0, 0.05) is 12.6 Å². The van der Waals surface area contributed by atoms with E-state index in [-0.39, 0.29) is 18.4 Å². The predicted molar refractivity (Wildman–Crippen MR) is 49.5 cm³/mol. The summed E-state index contributed by atoms with van der Waals surface area (Å²) in [7, 11) is 0. The number of alkyl halides is 3. The second-order valence-electron chi connectivity index (χ2n) is 4.42. The van der Waals surface area contributed by atoms with E-state index in [1.54, 1.807) is 0 Å². The smallest absolute Gasteiger partial charge is 0.381 e. The zero-order chi connectivity index (χ0) is 10.9. The van der Waals surface area contributed by atoms with E-state index in [9.17, 15) is 13.2 Å². The molecule has 1 N–H and O–H groups in total. The van der Waals surface area contributed by atoms with E-state index in [1.807, 2.05) is 0 Å². The minimum absolute atomic E-state index is 0.00660. The molecule has 2 aliphatic rings. The Hall–Kier alpha value is -0.290. The van der Waals surface area contributed by atoms with E-state index >= 15 is 0 Å². The molecule has 2 nitrogen and oxygen atoms in total. The van der Waals surface area contributed by atoms with E-state index in [0.717, 1.165) is 12.8 Å². The Kier molecular flexibility index (Phi) is 3.21. The topological polar surface area (TPSA) is 21.3 Å². The van der Waals surface area contributed by atoms with Crippen molar-refractivity contribution >= 4 is 0 Å². The monoisotopic (exact) mass is 223 g/mol. The van der Waals surface area contributed by atoms with Crippen molar-refractivity contribution in [2.45, 2.75) is 43.9 Å². The highest BCUT2D eigenvalue weighted by atomic mass is 19.4. The van der Waals surface area contributed by atoms with Crippen LogP contribution in [-0.4, -0.2) is 31.5 Å². The van der Waals surface area contributed by atoms with Gasteiger partial charge in [0.05, 0.1) is 6.61 Å². The van der Waals surface area contributed by atoms with Gasteiger partial charge in [0.2, 0.25) is 0 Å². The zero-order valence-electron chi connectivity index (χ0n) is 8.52. The van der Waals surface area contributed by atoms with Crippen LogP contribution in [0.15, 0.2) is 0 Å². The van der Waals surface area contributed by atoms with Crippen molar-refractivity contribution in [1.29, 1.82) is 0 Å². The Morgan fingerprint density at radius 3 is 2.53 bits per heavy atom. The maximum atomic E-state index is 12.5. The fraction of sp³-hybridized carbons (Fsp3) is 1.00. The standard InChI is InChI=1S/C10H16F3NO/c11-10(12,13)9-3-1-2-8(14-9)7-4-5-15-6-7/h7-9,14H,1-6H2. The van der Waals surface area contributed by atoms with Crippen LogP contribution in [0.25, 0.3) is 0 Å². The van der Waals surface area contributed by atoms with Gasteiger partial charge in [0.1, 0.15) is 6.04 Å². The summed E-state index contributed by atoms with van der Waals surface area (Å²) >= 11 is 0. The third kappa shape index (κ3) is 2.64. The van der Waals surface area contributed by atoms with Crippen molar-refractivity contribution < 1.29 is 17.9 Å². The molecule has 88 valence electrons. The molecule has 15 heavy (non-hydrogen) atoms. The van der Waals surface area contributed by atoms with Gasteiger partial charge in [-0.05, 0) is 31.6 Å². The molecule has 0 aromatic heterocycles. The van der Waals surface area contributed by atoms with Crippen LogP contribution in [0.4, 0.5) is 13.2 Å². The average molecular weight is 223 g/mol. The molecule has 0 bridgehead atoms. The number of ether oxygens (including phenoxy) is 1. The van der Waals surface area contributed by atoms with Gasteiger partial charge in [-0.15, -0.1) is 0 Å². The van der Waals surface area contributed by atoms with Crippen molar-refractivity contribution in [2.24, 2.45) is 5.92 Å². The van der Waals surface area contributed by atoms with Gasteiger partial charge in [-0.1, -0.05) is 0 Å². The fourth-order valence-electron chi connectivity index (χ4n) is 2.47. The van der Waals surface area contributed by atoms with E-state index in [1.165, 1.54) is 0 Å². The average Bonchev–Trinajstić information content (AvgIpc) is 2.69. The van der Waals surface area contributed by atoms with Crippen LogP contribution in [0.3, 0.4) is 0 Å². The lowest BCUT2D eigenvalue weighted by Crippen LogP contribution is -2.52. The molecule has 0 amide bonds. The van der Waals surface area contributed by atoms with Gasteiger partial charge in [-0.2, -0.15) is 13.2 Å². The first kappa shape index (κ1) is 11.2. The summed E-state index contributed by atoms with van der Waals surface area (Å²) in [6, 6.07) is -1.32. The molecule has 0 spiro atoms. The Balaban J connectivity index is 1.92. The molecule has 3 unspecified atom stereocenters. The van der Waals surface area contributed by atoms with Crippen LogP contribution < -0.4 is 5.32 Å². The third-order valence-corrected chi connectivity index (χ3v) is 3.35. The largest absolute Gasteiger partial charge is 0.403 e. The molecule has 0 radical (unpaired) electrons. The summed E-state index contributed by atoms with van der Waals surface area (Å²) in [5.74, 6) is 0.273. The van der Waals surface area contributed by atoms with Crippen LogP contribution in [0.2, 0.25) is 0 Å². The lowest BCUT2D eigenvalue weighted by atomic mass is 9.88. The first-order chi connectivity index (χ1) is 7.07. The molecule has 3 atom stereocenters. The van der Waals surface area contributed by atoms with Crippen LogP contribution in [0, 0.1) is 5.92 Å². The minimum atomic E-state index is -4.10. The number of rotatable bonds is 1. The molecular formula is C10H16F3NO. The van der Waals surface area contributed by atoms with Crippen molar-refractivity contribution in [3.8, 4) is 0 Å². The minimum Gasteiger partial charge on any atom is -0.381 e. The van der Waals surface area contributed by atoms with Crippen molar-refractivity contribution in [2.75, 3.05) is 13.2 Å². The van der Waals surface area contributed by atoms with E-state index < -0.39 is 12.2 Å². The van der Waals surface area contributed by atoms with Crippen LogP contribution in [0.1, 0.15) is 25.7 Å². The maximum absolute atomic E-state index is 12.5. The number of hydrogen-bond donors (Lipinski definition) is 1. The maximum Gasteiger partial charge on any atom is 0.403 e. The molecule has 5 heteroatoms. The van der Waals surface area contributed by atoms with E-state index in [2.05, 4.69) is 5.32 Å². The summed E-state index contributed by atoms with van der Waals surface area (Å²) in [5.41, 5.74) is 0. The summed E-state index contributed by atoms with van der Waals surface area (Å²) in [5, 5.41) is 2.73. The van der Waals surface area contributed by atoms with Gasteiger partial charge in [-0.3, -0.25) is 0 Å². The molecule has 0 aromatic rings. The van der Waals surface area contributed by atoms with E-state index in [0.29, 0.717) is 19.6 Å². The highest BCUT2D eigenvalue weighted by Crippen LogP contribution is 2.31. The van der Waals surface area contributed by atoms with Crippen molar-refractivity contribution in [3.05, 3.63) is 0 Å². The molecule has 0 saturated carbocycles. The Morgan fingerprint density at radius 1 is 1.13 bits per heavy atom. The lowest BCUT2D eigenvalue weighted by Gasteiger charge is -2.34. The summed E-state index contributed by atoms with van der Waals surface area (Å²) in [6.07, 6.45) is -1.48. The third-order valence-electron chi connectivity index (χ3n) is 3.35. The van der Waals surface area contributed by atoms with E-state index in [4.69, 9.17) is 4.74 Å².